The third-order valence-corrected chi connectivity index (χ3v) is 5.18. The first kappa shape index (κ1) is 18.5. The van der Waals surface area contributed by atoms with E-state index in [2.05, 4.69) is 15.9 Å². The van der Waals surface area contributed by atoms with Crippen LogP contribution in [0.15, 0.2) is 64.0 Å². The zero-order valence-corrected chi connectivity index (χ0v) is 16.4. The van der Waals surface area contributed by atoms with Gasteiger partial charge in [-0.2, -0.15) is 0 Å². The van der Waals surface area contributed by atoms with Crippen LogP contribution in [0.1, 0.15) is 24.2 Å². The molecule has 136 valence electrons. The van der Waals surface area contributed by atoms with Gasteiger partial charge < -0.3 is 14.4 Å². The van der Waals surface area contributed by atoms with Gasteiger partial charge >= 0.3 is 11.9 Å². The number of hydrogen-bond donors (Lipinski definition) is 0. The smallest absolute Gasteiger partial charge is 0.343 e. The van der Waals surface area contributed by atoms with Gasteiger partial charge in [0.1, 0.15) is 5.76 Å². The molecule has 6 heteroatoms. The number of halogens is 1. The van der Waals surface area contributed by atoms with E-state index in [-0.39, 0.29) is 17.9 Å². The zero-order chi connectivity index (χ0) is 18.8. The van der Waals surface area contributed by atoms with E-state index in [4.69, 9.17) is 9.47 Å². The second kappa shape index (κ2) is 7.50. The molecule has 1 heterocycles. The molecule has 3 rings (SSSR count). The van der Waals surface area contributed by atoms with Gasteiger partial charge in [-0.25, -0.2) is 9.59 Å². The Bertz CT molecular complexity index is 823. The Labute approximate surface area is 161 Å². The second-order valence-electron chi connectivity index (χ2n) is 6.17. The van der Waals surface area contributed by atoms with Crippen LogP contribution in [0.25, 0.3) is 0 Å². The summed E-state index contributed by atoms with van der Waals surface area (Å²) in [7, 11) is 1.94. The SMILES string of the molecule is CCOC(=O)C1=C(C)N(C)[C@H]2C=CC(OC(=O)c3ccc(Br)cc3)=C[C@@H]12. The molecular weight excluding hydrogens is 398 g/mol. The summed E-state index contributed by atoms with van der Waals surface area (Å²) in [6, 6.07) is 6.98. The predicted molar refractivity (Wildman–Crippen MR) is 101 cm³/mol. The quantitative estimate of drug-likeness (QED) is 0.696. The summed E-state index contributed by atoms with van der Waals surface area (Å²) in [4.78, 5) is 26.7. The second-order valence-corrected chi connectivity index (χ2v) is 7.09. The number of esters is 2. The number of rotatable bonds is 4. The van der Waals surface area contributed by atoms with Crippen molar-refractivity contribution in [3.05, 3.63) is 69.6 Å². The van der Waals surface area contributed by atoms with Crippen molar-refractivity contribution in [2.24, 2.45) is 5.92 Å². The fourth-order valence-corrected chi connectivity index (χ4v) is 3.50. The largest absolute Gasteiger partial charge is 0.463 e. The molecule has 1 aliphatic carbocycles. The van der Waals surface area contributed by atoms with Crippen LogP contribution in [-0.2, 0) is 14.3 Å². The molecule has 0 saturated heterocycles. The first-order chi connectivity index (χ1) is 12.4. The van der Waals surface area contributed by atoms with Crippen molar-refractivity contribution >= 4 is 27.9 Å². The van der Waals surface area contributed by atoms with Gasteiger partial charge in [-0.15, -0.1) is 0 Å². The van der Waals surface area contributed by atoms with Crippen LogP contribution in [0.5, 0.6) is 0 Å². The number of fused-ring (bicyclic) bond motifs is 1. The van der Waals surface area contributed by atoms with E-state index < -0.39 is 5.97 Å². The summed E-state index contributed by atoms with van der Waals surface area (Å²) < 4.78 is 11.6. The van der Waals surface area contributed by atoms with E-state index in [0.29, 0.717) is 23.5 Å². The van der Waals surface area contributed by atoms with Crippen LogP contribution in [0.4, 0.5) is 0 Å². The molecule has 0 amide bonds. The van der Waals surface area contributed by atoms with E-state index in [0.717, 1.165) is 10.2 Å². The molecule has 0 fully saturated rings. The lowest BCUT2D eigenvalue weighted by molar-refractivity contribution is -0.138. The van der Waals surface area contributed by atoms with Gasteiger partial charge in [0.2, 0.25) is 0 Å². The maximum absolute atomic E-state index is 12.4. The minimum Gasteiger partial charge on any atom is -0.463 e. The summed E-state index contributed by atoms with van der Waals surface area (Å²) in [5.74, 6) is -0.521. The average molecular weight is 418 g/mol. The Balaban J connectivity index is 1.82. The topological polar surface area (TPSA) is 55.8 Å². The molecule has 0 bridgehead atoms. The molecule has 1 aromatic rings. The first-order valence-corrected chi connectivity index (χ1v) is 9.20. The van der Waals surface area contributed by atoms with Gasteiger partial charge in [-0.3, -0.25) is 0 Å². The number of benzene rings is 1. The highest BCUT2D eigenvalue weighted by Crippen LogP contribution is 2.38. The highest BCUT2D eigenvalue weighted by Gasteiger charge is 2.40. The molecule has 0 saturated carbocycles. The molecule has 0 radical (unpaired) electrons. The Morgan fingerprint density at radius 1 is 1.19 bits per heavy atom. The molecule has 0 N–H and O–H groups in total. The van der Waals surface area contributed by atoms with E-state index in [9.17, 15) is 9.59 Å². The summed E-state index contributed by atoms with van der Waals surface area (Å²) in [5, 5.41) is 0. The fourth-order valence-electron chi connectivity index (χ4n) is 3.24. The molecule has 0 unspecified atom stereocenters. The third-order valence-electron chi connectivity index (χ3n) is 4.65. The molecular formula is C20H20BrNO4. The van der Waals surface area contributed by atoms with Gasteiger partial charge in [0.25, 0.3) is 0 Å². The van der Waals surface area contributed by atoms with E-state index >= 15 is 0 Å². The molecule has 2 aliphatic rings. The van der Waals surface area contributed by atoms with Crippen molar-refractivity contribution in [1.29, 1.82) is 0 Å². The Hall–Kier alpha value is -2.34. The molecule has 0 spiro atoms. The molecule has 26 heavy (non-hydrogen) atoms. The van der Waals surface area contributed by atoms with Crippen molar-refractivity contribution in [1.82, 2.24) is 4.90 Å². The van der Waals surface area contributed by atoms with Gasteiger partial charge in [0, 0.05) is 23.1 Å². The summed E-state index contributed by atoms with van der Waals surface area (Å²) in [5.41, 5.74) is 1.95. The lowest BCUT2D eigenvalue weighted by atomic mass is 9.90. The summed E-state index contributed by atoms with van der Waals surface area (Å²) >= 11 is 3.34. The van der Waals surface area contributed by atoms with Crippen molar-refractivity contribution in [3.8, 4) is 0 Å². The first-order valence-electron chi connectivity index (χ1n) is 8.41. The van der Waals surface area contributed by atoms with Crippen LogP contribution < -0.4 is 0 Å². The predicted octanol–water partition coefficient (Wildman–Crippen LogP) is 3.83. The van der Waals surface area contributed by atoms with Crippen molar-refractivity contribution in [2.75, 3.05) is 13.7 Å². The van der Waals surface area contributed by atoms with Crippen LogP contribution in [0.2, 0.25) is 0 Å². The fraction of sp³-hybridized carbons (Fsp3) is 0.300. The maximum Gasteiger partial charge on any atom is 0.343 e. The Kier molecular flexibility index (Phi) is 5.32. The third kappa shape index (κ3) is 3.46. The minimum absolute atomic E-state index is 0.0181. The number of nitrogens with zero attached hydrogens (tertiary/aromatic N) is 1. The number of carbonyl (C=O) groups is 2. The lowest BCUT2D eigenvalue weighted by Crippen LogP contribution is -2.30. The monoisotopic (exact) mass is 417 g/mol. The number of likely N-dealkylation sites (N-methyl/N-ethyl adjacent to an activating group) is 1. The van der Waals surface area contributed by atoms with Gasteiger partial charge in [0.05, 0.1) is 23.8 Å². The van der Waals surface area contributed by atoms with Crippen LogP contribution in [0, 0.1) is 5.92 Å². The van der Waals surface area contributed by atoms with E-state index in [1.807, 2.05) is 31.0 Å². The van der Waals surface area contributed by atoms with Gasteiger partial charge in [0.15, 0.2) is 0 Å². The van der Waals surface area contributed by atoms with Crippen LogP contribution in [0.3, 0.4) is 0 Å². The van der Waals surface area contributed by atoms with Crippen molar-refractivity contribution in [3.63, 3.8) is 0 Å². The molecule has 1 aromatic carbocycles. The van der Waals surface area contributed by atoms with Crippen LogP contribution in [-0.4, -0.2) is 36.5 Å². The highest BCUT2D eigenvalue weighted by molar-refractivity contribution is 9.10. The summed E-state index contributed by atoms with van der Waals surface area (Å²) in [6.45, 7) is 4.01. The molecule has 5 nitrogen and oxygen atoms in total. The molecule has 2 atom stereocenters. The normalized spacial score (nSPS) is 21.4. The number of carbonyl (C=O) groups excluding carboxylic acids is 2. The average Bonchev–Trinajstić information content (AvgIpc) is 2.86. The van der Waals surface area contributed by atoms with Gasteiger partial charge in [-0.05, 0) is 50.3 Å². The Morgan fingerprint density at radius 2 is 1.88 bits per heavy atom. The molecule has 1 aliphatic heterocycles. The van der Waals surface area contributed by atoms with Crippen LogP contribution >= 0.6 is 15.9 Å². The molecule has 0 aromatic heterocycles. The van der Waals surface area contributed by atoms with Crippen molar-refractivity contribution < 1.29 is 19.1 Å². The summed E-state index contributed by atoms with van der Waals surface area (Å²) in [6.07, 6.45) is 5.54. The number of allylic oxidation sites excluding steroid dienone is 2. The minimum atomic E-state index is -0.434. The van der Waals surface area contributed by atoms with Crippen molar-refractivity contribution in [2.45, 2.75) is 19.9 Å². The number of hydrogen-bond acceptors (Lipinski definition) is 5. The maximum atomic E-state index is 12.4. The zero-order valence-electron chi connectivity index (χ0n) is 14.9. The highest BCUT2D eigenvalue weighted by atomic mass is 79.9. The van der Waals surface area contributed by atoms with E-state index in [1.54, 1.807) is 37.3 Å². The van der Waals surface area contributed by atoms with Gasteiger partial charge in [-0.1, -0.05) is 22.0 Å². The standard InChI is InChI=1S/C20H20BrNO4/c1-4-25-20(24)18-12(2)22(3)17-10-9-15(11-16(17)18)26-19(23)13-5-7-14(21)8-6-13/h5-11,16-17H,4H2,1-3H3/t16-,17+/m1/s1. The Morgan fingerprint density at radius 3 is 2.54 bits per heavy atom. The lowest BCUT2D eigenvalue weighted by Gasteiger charge is -2.26. The number of ether oxygens (including phenoxy) is 2. The van der Waals surface area contributed by atoms with E-state index in [1.165, 1.54) is 0 Å².